The maximum absolute atomic E-state index is 12.2. The number of nitrogens with one attached hydrogen (secondary N) is 2. The van der Waals surface area contributed by atoms with Gasteiger partial charge in [0.15, 0.2) is 0 Å². The monoisotopic (exact) mass is 272 g/mol. The highest BCUT2D eigenvalue weighted by Crippen LogP contribution is 2.14. The largest absolute Gasteiger partial charge is 0.383 e. The zero-order valence-electron chi connectivity index (χ0n) is 11.6. The Morgan fingerprint density at radius 3 is 2.75 bits per heavy atom. The van der Waals surface area contributed by atoms with Crippen LogP contribution in [-0.2, 0) is 0 Å². The smallest absolute Gasteiger partial charge is 0.260 e. The van der Waals surface area contributed by atoms with Crippen LogP contribution in [0.2, 0.25) is 0 Å². The Labute approximate surface area is 116 Å². The predicted molar refractivity (Wildman–Crippen MR) is 75.7 cm³/mol. The molecule has 0 aliphatic rings. The van der Waals surface area contributed by atoms with Crippen LogP contribution in [0.1, 0.15) is 28.7 Å². The Bertz CT molecular complexity index is 628. The molecule has 0 saturated heterocycles. The lowest BCUT2D eigenvalue weighted by atomic mass is 10.2. The van der Waals surface area contributed by atoms with Gasteiger partial charge in [0.2, 0.25) is 5.95 Å². The van der Waals surface area contributed by atoms with Crippen molar-refractivity contribution in [1.29, 1.82) is 0 Å². The molecule has 104 valence electrons. The van der Waals surface area contributed by atoms with E-state index in [2.05, 4.69) is 30.8 Å². The molecule has 2 aromatic rings. The van der Waals surface area contributed by atoms with Gasteiger partial charge in [-0.15, -0.1) is 5.10 Å². The van der Waals surface area contributed by atoms with E-state index in [-0.39, 0.29) is 11.9 Å². The van der Waals surface area contributed by atoms with Crippen molar-refractivity contribution in [3.63, 3.8) is 0 Å². The Kier molecular flexibility index (Phi) is 4.19. The lowest BCUT2D eigenvalue weighted by Crippen LogP contribution is -2.17. The average molecular weight is 272 g/mol. The van der Waals surface area contributed by atoms with E-state index in [1.54, 1.807) is 18.5 Å². The van der Waals surface area contributed by atoms with Crippen LogP contribution in [0.5, 0.6) is 0 Å². The van der Waals surface area contributed by atoms with Gasteiger partial charge in [0.05, 0.1) is 28.8 Å². The van der Waals surface area contributed by atoms with Gasteiger partial charge in [0.1, 0.15) is 0 Å². The fourth-order valence-corrected chi connectivity index (χ4v) is 1.60. The molecule has 7 nitrogen and oxygen atoms in total. The van der Waals surface area contributed by atoms with E-state index in [0.29, 0.717) is 17.8 Å². The van der Waals surface area contributed by atoms with E-state index in [0.717, 1.165) is 11.4 Å². The number of pyridine rings is 1. The Balaban J connectivity index is 2.21. The maximum Gasteiger partial charge on any atom is 0.260 e. The van der Waals surface area contributed by atoms with E-state index < -0.39 is 0 Å². The third-order valence-electron chi connectivity index (χ3n) is 2.75. The molecule has 0 radical (unpaired) electrons. The second-order valence-electron chi connectivity index (χ2n) is 4.21. The molecule has 0 fully saturated rings. The van der Waals surface area contributed by atoms with E-state index in [4.69, 9.17) is 0 Å². The van der Waals surface area contributed by atoms with Crippen LogP contribution in [0.15, 0.2) is 18.5 Å². The van der Waals surface area contributed by atoms with Gasteiger partial charge in [-0.1, -0.05) is 0 Å². The topological polar surface area (TPSA) is 92.7 Å². The third-order valence-corrected chi connectivity index (χ3v) is 2.75. The van der Waals surface area contributed by atoms with Gasteiger partial charge >= 0.3 is 0 Å². The summed E-state index contributed by atoms with van der Waals surface area (Å²) in [6, 6.07) is 1.64. The molecule has 2 rings (SSSR count). The molecule has 0 unspecified atom stereocenters. The molecule has 0 aromatic carbocycles. The number of rotatable bonds is 4. The summed E-state index contributed by atoms with van der Waals surface area (Å²) in [5, 5.41) is 13.5. The highest BCUT2D eigenvalue weighted by molar-refractivity contribution is 6.07. The average Bonchev–Trinajstić information content (AvgIpc) is 2.44. The third kappa shape index (κ3) is 3.05. The van der Waals surface area contributed by atoms with E-state index in [1.807, 2.05) is 20.8 Å². The van der Waals surface area contributed by atoms with Crippen LogP contribution < -0.4 is 10.6 Å². The molecule has 0 aliphatic heterocycles. The molecule has 2 heterocycles. The number of amides is 1. The molecule has 20 heavy (non-hydrogen) atoms. The number of nitrogens with zero attached hydrogens (tertiary/aromatic N) is 4. The Hall–Kier alpha value is -2.57. The molecule has 7 heteroatoms. The number of aryl methyl sites for hydroxylation is 2. The summed E-state index contributed by atoms with van der Waals surface area (Å²) in [4.78, 5) is 20.4. The van der Waals surface area contributed by atoms with Crippen LogP contribution in [-0.4, -0.2) is 32.6 Å². The molecular formula is C13H16N6O. The second kappa shape index (κ2) is 6.05. The summed E-state index contributed by atoms with van der Waals surface area (Å²) >= 11 is 0. The minimum atomic E-state index is -0.298. The van der Waals surface area contributed by atoms with Crippen molar-refractivity contribution in [2.24, 2.45) is 0 Å². The summed E-state index contributed by atoms with van der Waals surface area (Å²) < 4.78 is 0. The number of aromatic nitrogens is 4. The number of carbonyl (C=O) groups is 1. The maximum atomic E-state index is 12.2. The van der Waals surface area contributed by atoms with Crippen LogP contribution in [0, 0.1) is 13.8 Å². The normalized spacial score (nSPS) is 10.2. The summed E-state index contributed by atoms with van der Waals surface area (Å²) in [6.45, 7) is 6.28. The molecule has 1 amide bonds. The van der Waals surface area contributed by atoms with Crippen LogP contribution >= 0.6 is 0 Å². The molecule has 2 aromatic heterocycles. The summed E-state index contributed by atoms with van der Waals surface area (Å²) in [6.07, 6.45) is 3.17. The van der Waals surface area contributed by atoms with Gasteiger partial charge in [0, 0.05) is 12.7 Å². The molecular weight excluding hydrogens is 256 g/mol. The number of carbonyl (C=O) groups excluding carboxylic acids is 1. The summed E-state index contributed by atoms with van der Waals surface area (Å²) in [5.41, 5.74) is 2.63. The van der Waals surface area contributed by atoms with Crippen molar-refractivity contribution < 1.29 is 4.79 Å². The first-order valence-corrected chi connectivity index (χ1v) is 6.29. The zero-order valence-corrected chi connectivity index (χ0v) is 11.6. The lowest BCUT2D eigenvalue weighted by Gasteiger charge is -2.09. The fraction of sp³-hybridized carbons (Fsp3) is 0.308. The Morgan fingerprint density at radius 1 is 1.25 bits per heavy atom. The summed E-state index contributed by atoms with van der Waals surface area (Å²) in [7, 11) is 0. The second-order valence-corrected chi connectivity index (χ2v) is 4.21. The highest BCUT2D eigenvalue weighted by atomic mass is 16.1. The lowest BCUT2D eigenvalue weighted by molar-refractivity contribution is 0.102. The predicted octanol–water partition coefficient (Wildman–Crippen LogP) is 1.57. The Morgan fingerprint density at radius 2 is 2.05 bits per heavy atom. The SMILES string of the molecule is CCNc1cnccc1C(=O)Nc1nnc(C)c(C)n1. The van der Waals surface area contributed by atoms with Crippen molar-refractivity contribution in [2.45, 2.75) is 20.8 Å². The first kappa shape index (κ1) is 13.9. The minimum absolute atomic E-state index is 0.192. The minimum Gasteiger partial charge on any atom is -0.383 e. The standard InChI is InChI=1S/C13H16N6O/c1-4-15-11-7-14-6-5-10(11)12(20)17-13-16-8(2)9(3)18-19-13/h5-7,15H,4H2,1-3H3,(H,16,17,19,20). The van der Waals surface area contributed by atoms with Crippen molar-refractivity contribution in [1.82, 2.24) is 20.2 Å². The van der Waals surface area contributed by atoms with Crippen LogP contribution in [0.3, 0.4) is 0 Å². The molecule has 0 bridgehead atoms. The van der Waals surface area contributed by atoms with Gasteiger partial charge in [0.25, 0.3) is 5.91 Å². The number of anilines is 2. The fourth-order valence-electron chi connectivity index (χ4n) is 1.60. The van der Waals surface area contributed by atoms with Crippen LogP contribution in [0.4, 0.5) is 11.6 Å². The van der Waals surface area contributed by atoms with E-state index in [1.165, 1.54) is 0 Å². The molecule has 0 saturated carbocycles. The van der Waals surface area contributed by atoms with E-state index >= 15 is 0 Å². The number of hydrogen-bond donors (Lipinski definition) is 2. The molecule has 2 N–H and O–H groups in total. The van der Waals surface area contributed by atoms with Crippen molar-refractivity contribution in [3.8, 4) is 0 Å². The van der Waals surface area contributed by atoms with Crippen molar-refractivity contribution in [3.05, 3.63) is 35.4 Å². The molecule has 0 aliphatic carbocycles. The van der Waals surface area contributed by atoms with Gasteiger partial charge in [-0.25, -0.2) is 4.98 Å². The summed E-state index contributed by atoms with van der Waals surface area (Å²) in [5.74, 6) is -0.106. The van der Waals surface area contributed by atoms with Gasteiger partial charge in [-0.2, -0.15) is 5.10 Å². The van der Waals surface area contributed by atoms with Gasteiger partial charge < -0.3 is 5.32 Å². The quantitative estimate of drug-likeness (QED) is 0.877. The highest BCUT2D eigenvalue weighted by Gasteiger charge is 2.13. The zero-order chi connectivity index (χ0) is 14.5. The first-order chi connectivity index (χ1) is 9.61. The van der Waals surface area contributed by atoms with Crippen molar-refractivity contribution in [2.75, 3.05) is 17.2 Å². The van der Waals surface area contributed by atoms with Gasteiger partial charge in [-0.3, -0.25) is 15.1 Å². The van der Waals surface area contributed by atoms with E-state index in [9.17, 15) is 4.79 Å². The first-order valence-electron chi connectivity index (χ1n) is 6.29. The molecule has 0 spiro atoms. The molecule has 0 atom stereocenters. The van der Waals surface area contributed by atoms with Crippen LogP contribution in [0.25, 0.3) is 0 Å². The number of hydrogen-bond acceptors (Lipinski definition) is 6. The van der Waals surface area contributed by atoms with Gasteiger partial charge in [-0.05, 0) is 26.8 Å². The van der Waals surface area contributed by atoms with Crippen molar-refractivity contribution >= 4 is 17.5 Å².